The topological polar surface area (TPSA) is 203 Å². The van der Waals surface area contributed by atoms with Crippen molar-refractivity contribution in [2.24, 2.45) is 0 Å². The predicted octanol–water partition coefficient (Wildman–Crippen LogP) is 25.0. The zero-order valence-corrected chi connectivity index (χ0v) is 70.6. The van der Waals surface area contributed by atoms with Gasteiger partial charge < -0.3 is 48.1 Å². The van der Waals surface area contributed by atoms with Crippen molar-refractivity contribution in [3.05, 3.63) is 146 Å². The fraction of sp³-hybridized carbons (Fsp3) is 0.688. The molecule has 3 N–H and O–H groups in total. The number of ether oxygens (including phenoxy) is 8. The number of carbonyl (C=O) groups excluding carboxylic acids is 1. The van der Waals surface area contributed by atoms with E-state index in [1.54, 1.807) is 33.3 Å². The van der Waals surface area contributed by atoms with Crippen LogP contribution in [0.2, 0.25) is 0 Å². The summed E-state index contributed by atoms with van der Waals surface area (Å²) in [6, 6.07) is 28.3. The third-order valence-corrected chi connectivity index (χ3v) is 22.8. The van der Waals surface area contributed by atoms with Gasteiger partial charge in [0.25, 0.3) is 5.56 Å². The van der Waals surface area contributed by atoms with Crippen LogP contribution in [0.3, 0.4) is 0 Å². The van der Waals surface area contributed by atoms with Crippen molar-refractivity contribution in [3.8, 4) is 28.7 Å². The number of H-pyrrole nitrogens is 1. The first-order valence-corrected chi connectivity index (χ1v) is 45.0. The number of aromatic amines is 1. The number of carboxylic acid groups (broad SMARTS) is 1. The summed E-state index contributed by atoms with van der Waals surface area (Å²) in [7, 11) is 3.21. The second-order valence-corrected chi connectivity index (χ2v) is 32.1. The molecule has 16 nitrogen and oxygen atoms in total. The molecule has 1 saturated heterocycles. The lowest BCUT2D eigenvalue weighted by Crippen LogP contribution is -2.49. The van der Waals surface area contributed by atoms with Gasteiger partial charge in [-0.05, 0) is 79.3 Å². The minimum atomic E-state index is -2.29. The molecule has 1 aliphatic heterocycles. The molecule has 1 aromatic heterocycles. The molecule has 628 valence electrons. The highest BCUT2D eigenvalue weighted by Gasteiger charge is 2.57. The third-order valence-electron chi connectivity index (χ3n) is 22.8. The summed E-state index contributed by atoms with van der Waals surface area (Å²) in [5.41, 5.74) is -2.49. The number of nitrogens with zero attached hydrogens (tertiary/aromatic N) is 1. The molecule has 112 heavy (non-hydrogen) atoms. The summed E-state index contributed by atoms with van der Waals surface area (Å²) in [6.45, 7) is 9.09. The number of aliphatic carboxylic acids is 1. The van der Waals surface area contributed by atoms with Crippen molar-refractivity contribution in [1.82, 2.24) is 9.55 Å². The number of unbranched alkanes of at least 4 members (excludes halogenated alkanes) is 45. The fourth-order valence-corrected chi connectivity index (χ4v) is 15.9. The number of hydrogen-bond acceptors (Lipinski definition) is 13. The Morgan fingerprint density at radius 2 is 0.839 bits per heavy atom. The first-order chi connectivity index (χ1) is 54.8. The van der Waals surface area contributed by atoms with Crippen molar-refractivity contribution in [2.75, 3.05) is 40.6 Å². The van der Waals surface area contributed by atoms with Crippen LogP contribution in [-0.4, -0.2) is 84.1 Å². The molecular weight excluding hydrogens is 1410 g/mol. The van der Waals surface area contributed by atoms with Gasteiger partial charge in [-0.3, -0.25) is 23.9 Å². The summed E-state index contributed by atoms with van der Waals surface area (Å²) < 4.78 is 54.6. The number of aliphatic hydroxyl groups is 1. The molecule has 4 atom stereocenters. The minimum absolute atomic E-state index is 0.220. The maximum atomic E-state index is 14.6. The number of aromatic nitrogens is 2. The molecule has 16 heteroatoms. The highest BCUT2D eigenvalue weighted by molar-refractivity contribution is 5.77. The number of carboxylic acids is 1. The zero-order valence-electron chi connectivity index (χ0n) is 70.6. The highest BCUT2D eigenvalue weighted by Crippen LogP contribution is 2.51. The molecule has 5 aromatic rings. The molecule has 0 saturated carbocycles. The first-order valence-electron chi connectivity index (χ1n) is 45.0. The molecule has 0 aliphatic carbocycles. The van der Waals surface area contributed by atoms with Crippen molar-refractivity contribution < 1.29 is 57.7 Å². The quantitative estimate of drug-likeness (QED) is 0.0188. The molecule has 1 unspecified atom stereocenters. The first kappa shape index (κ1) is 94.2. The number of nitrogens with one attached hydrogen (secondary N) is 1. The van der Waals surface area contributed by atoms with E-state index < -0.39 is 72.3 Å². The van der Waals surface area contributed by atoms with E-state index in [4.69, 9.17) is 37.9 Å². The lowest BCUT2D eigenvalue weighted by molar-refractivity contribution is -0.185. The van der Waals surface area contributed by atoms with E-state index in [2.05, 4.69) is 25.8 Å². The van der Waals surface area contributed by atoms with E-state index in [9.17, 15) is 29.4 Å². The Labute approximate surface area is 675 Å². The van der Waals surface area contributed by atoms with Crippen molar-refractivity contribution >= 4 is 11.9 Å². The van der Waals surface area contributed by atoms with Crippen LogP contribution < -0.4 is 34.9 Å². The smallest absolute Gasteiger partial charge is 0.330 e. The third kappa shape index (κ3) is 34.8. The Balaban J connectivity index is 1.35. The number of rotatable bonds is 69. The molecule has 2 heterocycles. The average Bonchev–Trinajstić information content (AvgIpc) is 1.47. The number of hydrogen-bond donors (Lipinski definition) is 3. The predicted molar refractivity (Wildman–Crippen MR) is 455 cm³/mol. The van der Waals surface area contributed by atoms with E-state index in [0.29, 0.717) is 59.7 Å². The SMILES string of the molecule is CCCCCCCCCCCCCCCCCCOc1cc(C(OC(=O)CCC(=O)O)[C@]2(O)C[C@H](n3cc(C)c(=O)[nH]c3=O)O[C@@H]2COC(c2ccccc2)(c2ccc(OC)cc2)c2ccc(OC)cc2)cc(OCCCCCCCCCCCCCCCCCC)c1OCCCCCCCCCCCCCCCCCC. The summed E-state index contributed by atoms with van der Waals surface area (Å²) >= 11 is 0. The van der Waals surface area contributed by atoms with E-state index in [0.717, 1.165) is 76.2 Å². The monoisotopic (exact) mass is 1560 g/mol. The van der Waals surface area contributed by atoms with Crippen LogP contribution in [0.1, 0.15) is 388 Å². The summed E-state index contributed by atoms with van der Waals surface area (Å²) in [6.07, 6.45) is 55.0. The number of esters is 1. The lowest BCUT2D eigenvalue weighted by atomic mass is 9.79. The largest absolute Gasteiger partial charge is 0.497 e. The van der Waals surface area contributed by atoms with Gasteiger partial charge >= 0.3 is 17.6 Å². The molecule has 0 radical (unpaired) electrons. The summed E-state index contributed by atoms with van der Waals surface area (Å²) in [5, 5.41) is 24.4. The van der Waals surface area contributed by atoms with Crippen LogP contribution in [0.5, 0.6) is 28.7 Å². The molecule has 0 spiro atoms. The van der Waals surface area contributed by atoms with Gasteiger partial charge in [-0.1, -0.05) is 364 Å². The molecule has 1 fully saturated rings. The summed E-state index contributed by atoms with van der Waals surface area (Å²) in [4.78, 5) is 56.5. The van der Waals surface area contributed by atoms with E-state index >= 15 is 0 Å². The maximum Gasteiger partial charge on any atom is 0.330 e. The Morgan fingerprint density at radius 3 is 1.20 bits per heavy atom. The molecule has 4 aromatic carbocycles. The Morgan fingerprint density at radius 1 is 0.491 bits per heavy atom. The standard InChI is InChI=1S/C96H150N2O14/c1-7-10-13-16-19-22-25-28-31-34-37-40-43-46-49-55-70-107-85-73-79(74-86(108-71-56-50-47-44-41-38-35-32-29-26-23-20-17-14-11-8-2)91(85)109-72-57-51-48-45-42-39-36-33-30-27-24-21-18-15-12-9-3)92(112-90(101)69-68-89(99)100)95(104)75-88(98-76-78(4)93(102)97-94(98)103)111-87(95)77-110-96(80-58-53-52-54-59-80,81-60-64-83(105-5)65-61-81)82-62-66-84(106-6)67-63-82/h52-54,58-67,73-74,76,87-88,92,104H,7-51,55-57,68-72,75,77H2,1-6H3,(H,99,100)(H,97,102,103)/t87-,88-,92?,95+/m1/s1. The van der Waals surface area contributed by atoms with Crippen LogP contribution >= 0.6 is 0 Å². The van der Waals surface area contributed by atoms with Gasteiger partial charge in [0.05, 0.1) is 53.5 Å². The van der Waals surface area contributed by atoms with Gasteiger partial charge in [-0.15, -0.1) is 0 Å². The van der Waals surface area contributed by atoms with Crippen molar-refractivity contribution in [3.63, 3.8) is 0 Å². The van der Waals surface area contributed by atoms with Gasteiger partial charge in [0.15, 0.2) is 17.6 Å². The fourth-order valence-electron chi connectivity index (χ4n) is 15.9. The Bertz CT molecular complexity index is 3260. The minimum Gasteiger partial charge on any atom is -0.497 e. The van der Waals surface area contributed by atoms with Gasteiger partial charge in [0, 0.05) is 23.7 Å². The highest BCUT2D eigenvalue weighted by atomic mass is 16.6. The van der Waals surface area contributed by atoms with E-state index in [-0.39, 0.29) is 17.5 Å². The maximum absolute atomic E-state index is 14.6. The van der Waals surface area contributed by atoms with Crippen LogP contribution in [0.25, 0.3) is 0 Å². The van der Waals surface area contributed by atoms with Crippen LogP contribution in [-0.2, 0) is 29.4 Å². The van der Waals surface area contributed by atoms with Crippen molar-refractivity contribution in [1.29, 1.82) is 0 Å². The van der Waals surface area contributed by atoms with Gasteiger partial charge in [-0.2, -0.15) is 0 Å². The number of methoxy groups -OCH3 is 2. The van der Waals surface area contributed by atoms with E-state index in [1.807, 2.05) is 78.9 Å². The summed E-state index contributed by atoms with van der Waals surface area (Å²) in [5.74, 6) is 0.253. The Kier molecular flexibility index (Phi) is 48.3. The van der Waals surface area contributed by atoms with Crippen LogP contribution in [0.15, 0.2) is 107 Å². The number of benzene rings is 4. The van der Waals surface area contributed by atoms with Gasteiger partial charge in [-0.25, -0.2) is 4.79 Å². The van der Waals surface area contributed by atoms with Gasteiger partial charge in [0.2, 0.25) is 5.75 Å². The average molecular weight is 1560 g/mol. The van der Waals surface area contributed by atoms with E-state index in [1.165, 1.54) is 248 Å². The zero-order chi connectivity index (χ0) is 80.0. The molecule has 1 aliphatic rings. The Hall–Kier alpha value is -6.62. The van der Waals surface area contributed by atoms with Crippen molar-refractivity contribution in [2.45, 2.75) is 385 Å². The van der Waals surface area contributed by atoms with Crippen LogP contribution in [0, 0.1) is 6.92 Å². The number of carbonyl (C=O) groups is 2. The molecule has 0 amide bonds. The lowest BCUT2D eigenvalue weighted by Gasteiger charge is -2.40. The molecule has 6 rings (SSSR count). The van der Waals surface area contributed by atoms with Crippen LogP contribution in [0.4, 0.5) is 0 Å². The second-order valence-electron chi connectivity index (χ2n) is 32.1. The molecule has 0 bridgehead atoms. The molecular formula is C96H150N2O14. The second kappa shape index (κ2) is 57.4. The normalized spacial score (nSPS) is 15.2. The number of aryl methyl sites for hydroxylation is 1. The van der Waals surface area contributed by atoms with Gasteiger partial charge in [0.1, 0.15) is 35.0 Å².